The van der Waals surface area contributed by atoms with Crippen molar-refractivity contribution in [2.45, 2.75) is 86.1 Å². The van der Waals surface area contributed by atoms with Gasteiger partial charge in [0.25, 0.3) is 0 Å². The molecule has 1 aliphatic rings. The van der Waals surface area contributed by atoms with E-state index in [-0.39, 0.29) is 5.75 Å². The Bertz CT molecular complexity index is 2490. The number of benzene rings is 5. The second-order valence-corrected chi connectivity index (χ2v) is 16.0. The Morgan fingerprint density at radius 2 is 0.844 bits per heavy atom. The van der Waals surface area contributed by atoms with Gasteiger partial charge in [-0.15, -0.1) is 0 Å². The zero-order valence-corrected chi connectivity index (χ0v) is 36.9. The van der Waals surface area contributed by atoms with Crippen molar-refractivity contribution in [3.8, 4) is 5.75 Å². The van der Waals surface area contributed by atoms with E-state index in [0.717, 1.165) is 44.5 Å². The van der Waals surface area contributed by atoms with Crippen LogP contribution < -0.4 is 26.0 Å². The van der Waals surface area contributed by atoms with Crippen molar-refractivity contribution in [2.24, 2.45) is 0 Å². The fourth-order valence-corrected chi connectivity index (χ4v) is 7.55. The Morgan fingerprint density at radius 3 is 1.22 bits per heavy atom. The second-order valence-electron chi connectivity index (χ2n) is 16.0. The number of rotatable bonds is 11. The van der Waals surface area contributed by atoms with E-state index in [1.54, 1.807) is 48.5 Å². The molecule has 1 fully saturated rings. The van der Waals surface area contributed by atoms with Gasteiger partial charge in [0, 0.05) is 22.7 Å². The lowest BCUT2D eigenvalue weighted by atomic mass is 9.98. The minimum atomic E-state index is -1.68. The summed E-state index contributed by atoms with van der Waals surface area (Å²) in [7, 11) is 0. The van der Waals surface area contributed by atoms with Crippen LogP contribution in [-0.4, -0.2) is 61.7 Å². The summed E-state index contributed by atoms with van der Waals surface area (Å²) in [5.41, 5.74) is 9.06. The van der Waals surface area contributed by atoms with Gasteiger partial charge in [-0.2, -0.15) is 0 Å². The SMILES string of the molecule is [C-]#[N+]c1ccc(O[C@@H]2O[C@H](COC(=O)Nc3cc(C)cc(C)c3)[C@H](OC(=O)Nc3cc(C)cc(C)c3)[C@H](OC(=O)Nc3cc(C)cc(C)c3)[C@H]2OC(=O)Nc2cc(C)cc(C)c2)cc1. The first-order valence-corrected chi connectivity index (χ1v) is 20.5. The average Bonchev–Trinajstić information content (AvgIpc) is 3.18. The van der Waals surface area contributed by atoms with Crippen LogP contribution in [0.5, 0.6) is 5.75 Å². The predicted octanol–water partition coefficient (Wildman–Crippen LogP) is 10.9. The molecule has 0 spiro atoms. The normalized spacial score (nSPS) is 17.8. The molecule has 0 aromatic heterocycles. The molecule has 5 aromatic rings. The summed E-state index contributed by atoms with van der Waals surface area (Å²) in [6, 6.07) is 27.7. The lowest BCUT2D eigenvalue weighted by molar-refractivity contribution is -0.272. The van der Waals surface area contributed by atoms with Gasteiger partial charge in [-0.1, -0.05) is 36.4 Å². The topological polar surface area (TPSA) is 176 Å². The van der Waals surface area contributed by atoms with Crippen LogP contribution in [0.2, 0.25) is 0 Å². The van der Waals surface area contributed by atoms with Crippen molar-refractivity contribution in [3.63, 3.8) is 0 Å². The smallest absolute Gasteiger partial charge is 0.412 e. The van der Waals surface area contributed by atoms with Crippen LogP contribution in [0.25, 0.3) is 4.85 Å². The summed E-state index contributed by atoms with van der Waals surface area (Å²) in [6.07, 6.45) is -11.8. The number of aryl methyl sites for hydroxylation is 8. The first-order valence-electron chi connectivity index (χ1n) is 20.5. The fraction of sp³-hybridized carbons (Fsp3) is 0.286. The molecule has 15 heteroatoms. The molecule has 0 aliphatic carbocycles. The number of carbonyl (C=O) groups is 4. The maximum atomic E-state index is 14.0. The van der Waals surface area contributed by atoms with E-state index in [2.05, 4.69) is 26.1 Å². The van der Waals surface area contributed by atoms with Gasteiger partial charge in [0.1, 0.15) is 18.5 Å². The summed E-state index contributed by atoms with van der Waals surface area (Å²) in [4.78, 5) is 58.6. The predicted molar refractivity (Wildman–Crippen MR) is 242 cm³/mol. The molecule has 0 unspecified atom stereocenters. The maximum Gasteiger partial charge on any atom is 0.412 e. The largest absolute Gasteiger partial charge is 0.461 e. The van der Waals surface area contributed by atoms with Crippen molar-refractivity contribution in [1.29, 1.82) is 0 Å². The minimum absolute atomic E-state index is 0.179. The van der Waals surface area contributed by atoms with Crippen LogP contribution in [0, 0.1) is 62.0 Å². The van der Waals surface area contributed by atoms with E-state index in [4.69, 9.17) is 35.0 Å². The van der Waals surface area contributed by atoms with Crippen LogP contribution in [0.4, 0.5) is 47.6 Å². The van der Waals surface area contributed by atoms with Crippen molar-refractivity contribution in [2.75, 3.05) is 27.9 Å². The summed E-state index contributed by atoms with van der Waals surface area (Å²) < 4.78 is 36.7. The first-order chi connectivity index (χ1) is 30.5. The monoisotopic (exact) mass is 869 g/mol. The average molecular weight is 870 g/mol. The molecular weight excluding hydrogens is 819 g/mol. The number of anilines is 4. The van der Waals surface area contributed by atoms with E-state index in [0.29, 0.717) is 28.4 Å². The Labute approximate surface area is 372 Å². The van der Waals surface area contributed by atoms with Crippen LogP contribution in [0.3, 0.4) is 0 Å². The molecule has 64 heavy (non-hydrogen) atoms. The molecule has 4 N–H and O–H groups in total. The van der Waals surface area contributed by atoms with E-state index < -0.39 is 61.7 Å². The van der Waals surface area contributed by atoms with Crippen LogP contribution in [0.1, 0.15) is 44.5 Å². The Balaban J connectivity index is 1.40. The third-order valence-corrected chi connectivity index (χ3v) is 9.79. The Morgan fingerprint density at radius 1 is 0.500 bits per heavy atom. The molecule has 1 aliphatic heterocycles. The van der Waals surface area contributed by atoms with E-state index >= 15 is 0 Å². The highest BCUT2D eigenvalue weighted by molar-refractivity contribution is 5.87. The summed E-state index contributed by atoms with van der Waals surface area (Å²) in [5, 5.41) is 10.9. The number of ether oxygens (including phenoxy) is 6. The van der Waals surface area contributed by atoms with Gasteiger partial charge in [0.2, 0.25) is 12.4 Å². The maximum absolute atomic E-state index is 14.0. The van der Waals surface area contributed by atoms with E-state index in [9.17, 15) is 19.2 Å². The van der Waals surface area contributed by atoms with Gasteiger partial charge in [0.15, 0.2) is 17.9 Å². The first kappa shape index (κ1) is 45.9. The molecular formula is C49H51N5O10. The molecule has 5 aromatic carbocycles. The number of hydrogen-bond acceptors (Lipinski definition) is 10. The third kappa shape index (κ3) is 13.0. The van der Waals surface area contributed by atoms with Crippen molar-refractivity contribution >= 4 is 52.8 Å². The van der Waals surface area contributed by atoms with Crippen molar-refractivity contribution in [1.82, 2.24) is 0 Å². The zero-order chi connectivity index (χ0) is 46.1. The van der Waals surface area contributed by atoms with Crippen molar-refractivity contribution in [3.05, 3.63) is 153 Å². The van der Waals surface area contributed by atoms with Gasteiger partial charge in [-0.05, 0) is 161 Å². The van der Waals surface area contributed by atoms with Gasteiger partial charge < -0.3 is 28.4 Å². The molecule has 6 rings (SSSR count). The molecule has 0 bridgehead atoms. The quantitative estimate of drug-likeness (QED) is 0.0738. The summed E-state index contributed by atoms with van der Waals surface area (Å²) in [5.74, 6) is 0.179. The Kier molecular flexibility index (Phi) is 14.7. The zero-order valence-electron chi connectivity index (χ0n) is 36.9. The van der Waals surface area contributed by atoms with E-state index in [1.807, 2.05) is 79.7 Å². The van der Waals surface area contributed by atoms with E-state index in [1.165, 1.54) is 24.3 Å². The van der Waals surface area contributed by atoms with Gasteiger partial charge >= 0.3 is 24.4 Å². The fourth-order valence-electron chi connectivity index (χ4n) is 7.55. The van der Waals surface area contributed by atoms with Crippen LogP contribution in [-0.2, 0) is 23.7 Å². The molecule has 15 nitrogen and oxygen atoms in total. The number of nitrogens with zero attached hydrogens (tertiary/aromatic N) is 1. The number of amides is 4. The van der Waals surface area contributed by atoms with Crippen LogP contribution in [0.15, 0.2) is 97.1 Å². The molecule has 4 amide bonds. The Hall–Kier alpha value is -7.57. The highest BCUT2D eigenvalue weighted by Crippen LogP contribution is 2.33. The molecule has 0 saturated carbocycles. The van der Waals surface area contributed by atoms with Crippen molar-refractivity contribution < 1.29 is 47.6 Å². The molecule has 1 heterocycles. The summed E-state index contributed by atoms with van der Waals surface area (Å²) >= 11 is 0. The third-order valence-electron chi connectivity index (χ3n) is 9.79. The highest BCUT2D eigenvalue weighted by atomic mass is 16.7. The highest BCUT2D eigenvalue weighted by Gasteiger charge is 2.54. The van der Waals surface area contributed by atoms with Gasteiger partial charge in [-0.25, -0.2) is 24.0 Å². The number of nitrogens with one attached hydrogen (secondary N) is 4. The summed E-state index contributed by atoms with van der Waals surface area (Å²) in [6.45, 7) is 21.8. The number of hydrogen-bond donors (Lipinski definition) is 4. The standard InChI is InChI=1S/C49H51N5O10/c1-27-14-28(2)19-36(18-27)51-46(55)59-26-41-42(62-47(56)52-37-20-29(3)15-30(4)21-37)43(63-48(57)53-38-22-31(5)16-32(6)23-38)44(45(61-41)60-40-12-10-35(50-9)11-13-40)64-49(58)54-39-24-33(7)17-34(8)25-39/h10-25,41-45H,26H2,1-8H3,(H,51,55)(H,52,56)(H,53,57)(H,54,58)/t41-,42+,43+,44-,45-/m1/s1. The lowest BCUT2D eigenvalue weighted by Gasteiger charge is -2.44. The second kappa shape index (κ2) is 20.5. The van der Waals surface area contributed by atoms with Crippen LogP contribution >= 0.6 is 0 Å². The molecule has 0 radical (unpaired) electrons. The molecule has 5 atom stereocenters. The lowest BCUT2D eigenvalue weighted by Crippen LogP contribution is -2.64. The minimum Gasteiger partial charge on any atom is -0.461 e. The van der Waals surface area contributed by atoms with Gasteiger partial charge in [0.05, 0.1) is 6.57 Å². The molecule has 332 valence electrons. The van der Waals surface area contributed by atoms with Gasteiger partial charge in [-0.3, -0.25) is 21.3 Å². The molecule has 1 saturated heterocycles. The number of carbonyl (C=O) groups excluding carboxylic acids is 4.